The number of para-hydroxylation sites is 1. The minimum absolute atomic E-state index is 0.663. The summed E-state index contributed by atoms with van der Waals surface area (Å²) in [7, 11) is -1.89. The minimum atomic E-state index is -1.89. The van der Waals surface area contributed by atoms with Gasteiger partial charge in [0.2, 0.25) is 0 Å². The highest BCUT2D eigenvalue weighted by Crippen LogP contribution is 2.38. The molecule has 0 unspecified atom stereocenters. The monoisotopic (exact) mass is 680 g/mol. The highest BCUT2D eigenvalue weighted by molar-refractivity contribution is 7.03. The standard InChI is InChI=1S/C47H32N4Si/c1-52(2)43-19-6-4-17-39(43)40-23-21-35(28-44(40)52)47-49-45-33-13-7-10-29(24-33)31-12-9-15-36(26-31)51-41-18-5-3-16-37(41)38-22-20-32(27-42(38)51)30-11-8-14-34(25-30)46(48-45)50-47/h3-28H,1-2H3. The summed E-state index contributed by atoms with van der Waals surface area (Å²) >= 11 is 0. The number of benzene rings is 7. The molecule has 2 aliphatic rings. The topological polar surface area (TPSA) is 43.6 Å². The molecule has 0 amide bonds. The van der Waals surface area contributed by atoms with E-state index in [0.717, 1.165) is 44.6 Å². The molecule has 0 fully saturated rings. The van der Waals surface area contributed by atoms with Crippen molar-refractivity contribution in [2.24, 2.45) is 0 Å². The molecule has 0 atom stereocenters. The lowest BCUT2D eigenvalue weighted by atomic mass is 10.00. The van der Waals surface area contributed by atoms with Crippen molar-refractivity contribution < 1.29 is 0 Å². The average molecular weight is 681 g/mol. The van der Waals surface area contributed by atoms with E-state index in [1.807, 2.05) is 0 Å². The molecule has 4 nitrogen and oxygen atoms in total. The largest absolute Gasteiger partial charge is 0.309 e. The first-order valence-corrected chi connectivity index (χ1v) is 20.9. The van der Waals surface area contributed by atoms with E-state index in [0.29, 0.717) is 17.5 Å². The van der Waals surface area contributed by atoms with Gasteiger partial charge in [0.05, 0.1) is 11.0 Å². The van der Waals surface area contributed by atoms with Crippen molar-refractivity contribution in [2.45, 2.75) is 13.1 Å². The lowest BCUT2D eigenvalue weighted by Crippen LogP contribution is -2.49. The molecule has 11 rings (SSSR count). The fraction of sp³-hybridized carbons (Fsp3) is 0.0426. The van der Waals surface area contributed by atoms with Crippen LogP contribution in [0.4, 0.5) is 0 Å². The van der Waals surface area contributed by atoms with Gasteiger partial charge in [0.25, 0.3) is 0 Å². The zero-order chi connectivity index (χ0) is 34.6. The first-order valence-electron chi connectivity index (χ1n) is 17.9. The number of aromatic nitrogens is 4. The van der Waals surface area contributed by atoms with Crippen LogP contribution in [0.1, 0.15) is 0 Å². The van der Waals surface area contributed by atoms with Crippen molar-refractivity contribution >= 4 is 40.3 Å². The van der Waals surface area contributed by atoms with Crippen molar-refractivity contribution in [1.29, 1.82) is 0 Å². The van der Waals surface area contributed by atoms with E-state index < -0.39 is 8.07 Å². The predicted octanol–water partition coefficient (Wildman–Crippen LogP) is 10.4. The molecule has 0 radical (unpaired) electrons. The Morgan fingerprint density at radius 1 is 0.385 bits per heavy atom. The highest BCUT2D eigenvalue weighted by atomic mass is 28.3. The molecule has 2 aromatic heterocycles. The second kappa shape index (κ2) is 10.8. The molecule has 5 heteroatoms. The molecule has 10 bridgehead atoms. The van der Waals surface area contributed by atoms with Crippen molar-refractivity contribution in [3.8, 4) is 73.2 Å². The van der Waals surface area contributed by atoms with E-state index in [2.05, 4.69) is 175 Å². The number of fused-ring (bicyclic) bond motifs is 20. The third-order valence-electron chi connectivity index (χ3n) is 11.2. The highest BCUT2D eigenvalue weighted by Gasteiger charge is 2.37. The van der Waals surface area contributed by atoms with Crippen LogP contribution in [-0.4, -0.2) is 27.6 Å². The van der Waals surface area contributed by atoms with Gasteiger partial charge in [-0.2, -0.15) is 0 Å². The van der Waals surface area contributed by atoms with E-state index >= 15 is 0 Å². The lowest BCUT2D eigenvalue weighted by molar-refractivity contribution is 1.07. The molecule has 52 heavy (non-hydrogen) atoms. The maximum absolute atomic E-state index is 5.21. The Kier molecular flexibility index (Phi) is 6.08. The van der Waals surface area contributed by atoms with Gasteiger partial charge in [0, 0.05) is 33.2 Å². The second-order valence-corrected chi connectivity index (χ2v) is 18.9. The van der Waals surface area contributed by atoms with E-state index in [1.165, 1.54) is 43.3 Å². The fourth-order valence-electron chi connectivity index (χ4n) is 8.54. The molecule has 2 aliphatic heterocycles. The second-order valence-electron chi connectivity index (χ2n) is 14.5. The van der Waals surface area contributed by atoms with Crippen LogP contribution in [0.3, 0.4) is 0 Å². The van der Waals surface area contributed by atoms with Crippen LogP contribution in [-0.2, 0) is 0 Å². The Balaban J connectivity index is 1.17. The van der Waals surface area contributed by atoms with Crippen LogP contribution in [0.25, 0.3) is 95.0 Å². The molecule has 0 N–H and O–H groups in total. The van der Waals surface area contributed by atoms with Gasteiger partial charge in [0.15, 0.2) is 17.5 Å². The molecule has 7 aromatic carbocycles. The number of nitrogens with zero attached hydrogens (tertiary/aromatic N) is 4. The van der Waals surface area contributed by atoms with Crippen LogP contribution in [0.15, 0.2) is 158 Å². The number of hydrogen-bond donors (Lipinski definition) is 0. The fourth-order valence-corrected chi connectivity index (χ4v) is 11.6. The van der Waals surface area contributed by atoms with Crippen molar-refractivity contribution in [1.82, 2.24) is 19.5 Å². The van der Waals surface area contributed by atoms with Crippen LogP contribution >= 0.6 is 0 Å². The van der Waals surface area contributed by atoms with Gasteiger partial charge in [-0.3, -0.25) is 0 Å². The molecule has 4 heterocycles. The van der Waals surface area contributed by atoms with Gasteiger partial charge in [-0.15, -0.1) is 0 Å². The van der Waals surface area contributed by atoms with Gasteiger partial charge in [0.1, 0.15) is 8.07 Å². The van der Waals surface area contributed by atoms with Gasteiger partial charge in [-0.1, -0.05) is 134 Å². The summed E-state index contributed by atoms with van der Waals surface area (Å²) in [6, 6.07) is 57.3. The van der Waals surface area contributed by atoms with Crippen molar-refractivity contribution in [3.05, 3.63) is 158 Å². The zero-order valence-corrected chi connectivity index (χ0v) is 29.8. The average Bonchev–Trinajstić information content (AvgIpc) is 3.65. The third-order valence-corrected chi connectivity index (χ3v) is 14.7. The third kappa shape index (κ3) is 4.30. The van der Waals surface area contributed by atoms with Gasteiger partial charge in [-0.05, 0) is 80.2 Å². The van der Waals surface area contributed by atoms with E-state index in [-0.39, 0.29) is 0 Å². The Hall–Kier alpha value is -6.43. The van der Waals surface area contributed by atoms with Gasteiger partial charge < -0.3 is 4.57 Å². The first kappa shape index (κ1) is 29.3. The zero-order valence-electron chi connectivity index (χ0n) is 28.8. The van der Waals surface area contributed by atoms with Crippen LogP contribution in [0.5, 0.6) is 0 Å². The summed E-state index contributed by atoms with van der Waals surface area (Å²) in [5.74, 6) is 2.01. The summed E-state index contributed by atoms with van der Waals surface area (Å²) < 4.78 is 2.40. The van der Waals surface area contributed by atoms with E-state index in [4.69, 9.17) is 15.0 Å². The molecule has 0 saturated carbocycles. The summed E-state index contributed by atoms with van der Waals surface area (Å²) in [6.07, 6.45) is 0. The van der Waals surface area contributed by atoms with E-state index in [9.17, 15) is 0 Å². The SMILES string of the molecule is C[Si]1(C)c2ccccc2-c2ccc(-c3nc4nc(n3)-c3cccc(c3)-c3ccc5c6ccccc6n(c5c3)-c3cccc(c3)-c3cccc-4c3)cc21. The van der Waals surface area contributed by atoms with E-state index in [1.54, 1.807) is 0 Å². The minimum Gasteiger partial charge on any atom is -0.309 e. The van der Waals surface area contributed by atoms with Crippen LogP contribution in [0, 0.1) is 0 Å². The predicted molar refractivity (Wildman–Crippen MR) is 217 cm³/mol. The Bertz CT molecular complexity index is 2950. The van der Waals surface area contributed by atoms with Crippen LogP contribution < -0.4 is 10.4 Å². The van der Waals surface area contributed by atoms with Crippen LogP contribution in [0.2, 0.25) is 13.1 Å². The summed E-state index contributed by atoms with van der Waals surface area (Å²) in [5.41, 5.74) is 13.6. The molecular formula is C47H32N4Si. The molecule has 0 spiro atoms. The smallest absolute Gasteiger partial charge is 0.164 e. The lowest BCUT2D eigenvalue weighted by Gasteiger charge is -2.19. The molecule has 0 aliphatic carbocycles. The quantitative estimate of drug-likeness (QED) is 0.162. The summed E-state index contributed by atoms with van der Waals surface area (Å²) in [6.45, 7) is 4.90. The van der Waals surface area contributed by atoms with Gasteiger partial charge >= 0.3 is 0 Å². The molecule has 0 saturated heterocycles. The first-order chi connectivity index (χ1) is 25.5. The van der Waals surface area contributed by atoms with Gasteiger partial charge in [-0.25, -0.2) is 15.0 Å². The Morgan fingerprint density at radius 3 is 1.67 bits per heavy atom. The molecular weight excluding hydrogens is 649 g/mol. The van der Waals surface area contributed by atoms with Crippen molar-refractivity contribution in [3.63, 3.8) is 0 Å². The number of hydrogen-bond acceptors (Lipinski definition) is 3. The summed E-state index contributed by atoms with van der Waals surface area (Å²) in [4.78, 5) is 15.6. The maximum atomic E-state index is 5.21. The molecule has 244 valence electrons. The Morgan fingerprint density at radius 2 is 0.923 bits per heavy atom. The Labute approximate surface area is 302 Å². The summed E-state index contributed by atoms with van der Waals surface area (Å²) in [5, 5.41) is 5.40. The number of rotatable bonds is 1. The normalized spacial score (nSPS) is 13.3. The van der Waals surface area contributed by atoms with Crippen molar-refractivity contribution in [2.75, 3.05) is 0 Å². The maximum Gasteiger partial charge on any atom is 0.164 e. The molecule has 9 aromatic rings.